The summed E-state index contributed by atoms with van der Waals surface area (Å²) in [4.78, 5) is 0. The van der Waals surface area contributed by atoms with Gasteiger partial charge in [-0.15, -0.1) is 8.42 Å². The van der Waals surface area contributed by atoms with Crippen molar-refractivity contribution in [1.29, 1.82) is 0 Å². The molecule has 25 heavy (non-hydrogen) atoms. The van der Waals surface area contributed by atoms with Gasteiger partial charge in [0, 0.05) is 0 Å². The van der Waals surface area contributed by atoms with Gasteiger partial charge in [0.05, 0.1) is 0 Å². The van der Waals surface area contributed by atoms with E-state index in [9.17, 15) is 8.42 Å². The van der Waals surface area contributed by atoms with Gasteiger partial charge in [-0.25, -0.2) is 0 Å². The van der Waals surface area contributed by atoms with Crippen molar-refractivity contribution in [3.05, 3.63) is 24.7 Å². The van der Waals surface area contributed by atoms with Crippen molar-refractivity contribution in [1.82, 2.24) is 0 Å². The summed E-state index contributed by atoms with van der Waals surface area (Å²) < 4.78 is 32.3. The monoisotopic (exact) mass is 374 g/mol. The van der Waals surface area contributed by atoms with Gasteiger partial charge in [-0.1, -0.05) is 78.1 Å². The lowest BCUT2D eigenvalue weighted by atomic mass is 10.1. The topological polar surface area (TPSA) is 52.6 Å². The Kier molecular flexibility index (Phi) is 17.1. The summed E-state index contributed by atoms with van der Waals surface area (Å²) in [6.45, 7) is 4.40. The number of unbranched alkanes of at least 4 members (excludes halogenated alkanes) is 12. The molecule has 0 unspecified atom stereocenters. The van der Waals surface area contributed by atoms with Gasteiger partial charge in [0.15, 0.2) is 0 Å². The molecule has 0 bridgehead atoms. The zero-order valence-corrected chi connectivity index (χ0v) is 17.1. The molecule has 0 aliphatic rings. The van der Waals surface area contributed by atoms with Gasteiger partial charge < -0.3 is 8.37 Å². The van der Waals surface area contributed by atoms with Crippen LogP contribution in [0.4, 0.5) is 0 Å². The van der Waals surface area contributed by atoms with E-state index in [0.29, 0.717) is 0 Å². The van der Waals surface area contributed by atoms with Crippen LogP contribution in [0.3, 0.4) is 0 Å². The highest BCUT2D eigenvalue weighted by Gasteiger charge is 2.07. The van der Waals surface area contributed by atoms with Crippen molar-refractivity contribution in [2.24, 2.45) is 0 Å². The lowest BCUT2D eigenvalue weighted by molar-refractivity contribution is 0.334. The van der Waals surface area contributed by atoms with Crippen LogP contribution in [0.2, 0.25) is 0 Å². The maximum Gasteiger partial charge on any atom is 0.499 e. The van der Waals surface area contributed by atoms with Gasteiger partial charge in [0.25, 0.3) is 0 Å². The lowest BCUT2D eigenvalue weighted by Crippen LogP contribution is -2.02. The molecular formula is C20H38O4S. The first-order valence-corrected chi connectivity index (χ1v) is 11.4. The first-order valence-electron chi connectivity index (χ1n) is 10.0. The quantitative estimate of drug-likeness (QED) is 0.196. The largest absolute Gasteiger partial charge is 0.499 e. The Morgan fingerprint density at radius 1 is 0.600 bits per heavy atom. The molecule has 5 heteroatoms. The maximum atomic E-state index is 11.5. The van der Waals surface area contributed by atoms with Crippen LogP contribution in [0.25, 0.3) is 0 Å². The molecule has 0 spiro atoms. The smallest absolute Gasteiger partial charge is 0.361 e. The zero-order valence-electron chi connectivity index (χ0n) is 16.3. The molecule has 0 aromatic heterocycles. The number of rotatable bonds is 18. The van der Waals surface area contributed by atoms with Crippen molar-refractivity contribution in [3.63, 3.8) is 0 Å². The van der Waals surface area contributed by atoms with Crippen LogP contribution >= 0.6 is 0 Å². The van der Waals surface area contributed by atoms with Crippen molar-refractivity contribution in [2.45, 2.75) is 104 Å². The van der Waals surface area contributed by atoms with E-state index >= 15 is 0 Å². The first kappa shape index (κ1) is 24.0. The summed E-state index contributed by atoms with van der Waals surface area (Å²) in [6.07, 6.45) is 22.2. The Morgan fingerprint density at radius 2 is 0.960 bits per heavy atom. The Hall–Kier alpha value is -0.970. The molecule has 0 aliphatic carbocycles. The number of hydrogen-bond donors (Lipinski definition) is 0. The average Bonchev–Trinajstić information content (AvgIpc) is 2.59. The van der Waals surface area contributed by atoms with Crippen LogP contribution in [-0.4, -0.2) is 8.42 Å². The van der Waals surface area contributed by atoms with Crippen LogP contribution in [0.1, 0.15) is 104 Å². The van der Waals surface area contributed by atoms with Crippen LogP contribution in [0, 0.1) is 0 Å². The Bertz CT molecular complexity index is 393. The molecule has 0 radical (unpaired) electrons. The van der Waals surface area contributed by atoms with E-state index in [0.717, 1.165) is 25.7 Å². The van der Waals surface area contributed by atoms with Crippen LogP contribution in [0.15, 0.2) is 24.7 Å². The molecule has 0 amide bonds. The van der Waals surface area contributed by atoms with Crippen LogP contribution in [-0.2, 0) is 18.8 Å². The molecule has 0 fully saturated rings. The van der Waals surface area contributed by atoms with E-state index < -0.39 is 10.4 Å². The van der Waals surface area contributed by atoms with Gasteiger partial charge in [-0.2, -0.15) is 0 Å². The summed E-state index contributed by atoms with van der Waals surface area (Å²) in [5, 5.41) is 0. The number of hydrogen-bond acceptors (Lipinski definition) is 4. The second-order valence-electron chi connectivity index (χ2n) is 6.46. The molecule has 0 atom stereocenters. The predicted octanol–water partition coefficient (Wildman–Crippen LogP) is 6.79. The summed E-state index contributed by atoms with van der Waals surface area (Å²) in [6, 6.07) is 0. The lowest BCUT2D eigenvalue weighted by Gasteiger charge is -2.01. The third kappa shape index (κ3) is 19.2. The first-order chi connectivity index (χ1) is 12.1. The van der Waals surface area contributed by atoms with E-state index in [-0.39, 0.29) is 0 Å². The second-order valence-corrected chi connectivity index (χ2v) is 7.66. The summed E-state index contributed by atoms with van der Waals surface area (Å²) in [5.74, 6) is 0. The molecule has 148 valence electrons. The molecule has 0 aliphatic heterocycles. The molecule has 0 saturated heterocycles. The molecule has 4 nitrogen and oxygen atoms in total. The average molecular weight is 375 g/mol. The summed E-state index contributed by atoms with van der Waals surface area (Å²) >= 11 is 0. The second kappa shape index (κ2) is 17.8. The Labute approximate surface area is 156 Å². The molecule has 0 aromatic carbocycles. The SMILES string of the molecule is CCCCCCCC/C=C/OS(=O)(=O)O/C=C/CCCCCCCC. The minimum Gasteiger partial charge on any atom is -0.361 e. The van der Waals surface area contributed by atoms with E-state index in [1.54, 1.807) is 12.2 Å². The molecular weight excluding hydrogens is 336 g/mol. The van der Waals surface area contributed by atoms with Crippen molar-refractivity contribution >= 4 is 10.4 Å². The molecule has 0 rings (SSSR count). The summed E-state index contributed by atoms with van der Waals surface area (Å²) in [5.41, 5.74) is 0. The molecule has 0 N–H and O–H groups in total. The highest BCUT2D eigenvalue weighted by Crippen LogP contribution is 2.09. The zero-order chi connectivity index (χ0) is 18.6. The van der Waals surface area contributed by atoms with Crippen molar-refractivity contribution in [3.8, 4) is 0 Å². The molecule has 0 saturated carbocycles. The van der Waals surface area contributed by atoms with Crippen molar-refractivity contribution < 1.29 is 16.8 Å². The fourth-order valence-corrected chi connectivity index (χ4v) is 2.93. The molecule has 0 heterocycles. The van der Waals surface area contributed by atoms with Gasteiger partial charge >= 0.3 is 10.4 Å². The highest BCUT2D eigenvalue weighted by atomic mass is 32.3. The normalized spacial score (nSPS) is 12.2. The van der Waals surface area contributed by atoms with Crippen molar-refractivity contribution in [2.75, 3.05) is 0 Å². The van der Waals surface area contributed by atoms with E-state index in [1.165, 1.54) is 76.7 Å². The Balaban J connectivity index is 3.59. The fraction of sp³-hybridized carbons (Fsp3) is 0.800. The molecule has 0 aromatic rings. The predicted molar refractivity (Wildman–Crippen MR) is 105 cm³/mol. The highest BCUT2D eigenvalue weighted by molar-refractivity contribution is 7.82. The Morgan fingerprint density at radius 3 is 1.36 bits per heavy atom. The maximum absolute atomic E-state index is 11.5. The van der Waals surface area contributed by atoms with Gasteiger partial charge in [0.2, 0.25) is 0 Å². The van der Waals surface area contributed by atoms with E-state index in [2.05, 4.69) is 22.2 Å². The van der Waals surface area contributed by atoms with Gasteiger partial charge in [0.1, 0.15) is 12.5 Å². The van der Waals surface area contributed by atoms with Crippen LogP contribution in [0.5, 0.6) is 0 Å². The minimum atomic E-state index is -3.96. The van der Waals surface area contributed by atoms with Gasteiger partial charge in [-0.3, -0.25) is 0 Å². The number of allylic oxidation sites excluding steroid dienone is 2. The third-order valence-corrected chi connectivity index (χ3v) is 4.68. The van der Waals surface area contributed by atoms with E-state index in [1.807, 2.05) is 0 Å². The van der Waals surface area contributed by atoms with E-state index in [4.69, 9.17) is 0 Å². The van der Waals surface area contributed by atoms with Crippen LogP contribution < -0.4 is 0 Å². The van der Waals surface area contributed by atoms with Gasteiger partial charge in [-0.05, 0) is 37.8 Å². The standard InChI is InChI=1S/C20H38O4S/c1-3-5-7-9-11-13-15-17-19-23-25(21,22)24-20-18-16-14-12-10-8-6-4-2/h17-20H,3-16H2,1-2H3/b19-17+,20-18+. The summed E-state index contributed by atoms with van der Waals surface area (Å²) in [7, 11) is -3.96. The minimum absolute atomic E-state index is 0.829. The fourth-order valence-electron chi connectivity index (χ4n) is 2.46. The third-order valence-electron chi connectivity index (χ3n) is 3.99.